The summed E-state index contributed by atoms with van der Waals surface area (Å²) >= 11 is 0. The number of Topliss-reactive ketones (excluding diaryl/α,β-unsaturated/α-hetero) is 2. The number of aryl methyl sites for hydroxylation is 2. The highest BCUT2D eigenvalue weighted by molar-refractivity contribution is 6.34. The van der Waals surface area contributed by atoms with Gasteiger partial charge in [-0.1, -0.05) is 72.8 Å². The number of hydrogen-bond acceptors (Lipinski definition) is 6. The highest BCUT2D eigenvalue weighted by Gasteiger charge is 2.47. The number of fused-ring (bicyclic) bond motifs is 4. The quantitative estimate of drug-likeness (QED) is 0.115. The lowest BCUT2D eigenvalue weighted by atomic mass is 9.67. The van der Waals surface area contributed by atoms with Gasteiger partial charge < -0.3 is 9.64 Å². The molecule has 6 aromatic carbocycles. The van der Waals surface area contributed by atoms with E-state index in [9.17, 15) is 19.2 Å². The summed E-state index contributed by atoms with van der Waals surface area (Å²) in [4.78, 5) is 55.6. The zero-order chi connectivity index (χ0) is 38.1. The first-order valence-electron chi connectivity index (χ1n) is 17.9. The molecule has 0 N–H and O–H groups in total. The van der Waals surface area contributed by atoms with Gasteiger partial charge in [-0.25, -0.2) is 4.90 Å². The van der Waals surface area contributed by atoms with Gasteiger partial charge in [0.25, 0.3) is 11.8 Å². The number of ketones is 2. The molecule has 7 heteroatoms. The summed E-state index contributed by atoms with van der Waals surface area (Å²) < 4.78 is 6.04. The van der Waals surface area contributed by atoms with Crippen LogP contribution in [0.2, 0.25) is 0 Å². The number of imide groups is 1. The largest absolute Gasteiger partial charge is 0.457 e. The van der Waals surface area contributed by atoms with Gasteiger partial charge in [-0.3, -0.25) is 19.2 Å². The minimum atomic E-state index is -0.648. The van der Waals surface area contributed by atoms with Crippen molar-refractivity contribution in [3.63, 3.8) is 0 Å². The fraction of sp³-hybridized carbons (Fsp3) is 0.149. The predicted octanol–water partition coefficient (Wildman–Crippen LogP) is 9.73. The lowest BCUT2D eigenvalue weighted by Crippen LogP contribution is -2.31. The summed E-state index contributed by atoms with van der Waals surface area (Å²) in [6.07, 6.45) is 0. The van der Waals surface area contributed by atoms with Crippen LogP contribution < -0.4 is 14.5 Å². The van der Waals surface area contributed by atoms with Crippen molar-refractivity contribution < 1.29 is 23.9 Å². The van der Waals surface area contributed by atoms with Crippen LogP contribution in [0, 0.1) is 13.8 Å². The van der Waals surface area contributed by atoms with E-state index in [1.807, 2.05) is 33.2 Å². The first-order valence-corrected chi connectivity index (χ1v) is 17.9. The molecule has 0 radical (unpaired) electrons. The van der Waals surface area contributed by atoms with Crippen LogP contribution in [-0.4, -0.2) is 37.5 Å². The molecule has 1 aliphatic carbocycles. The van der Waals surface area contributed by atoms with E-state index >= 15 is 0 Å². The SMILES string of the molecule is CC(=O)c1ccc(Oc2ccc3c(c2)C(=O)N(c2ccc(C4(c5ccc(N(C)C)c(C)c5)c5ccccc5-c5ccccc54)cc2C)C3=O)cc1C(C)=O. The molecule has 0 saturated heterocycles. The van der Waals surface area contributed by atoms with Crippen molar-refractivity contribution in [1.82, 2.24) is 0 Å². The summed E-state index contributed by atoms with van der Waals surface area (Å²) in [5, 5.41) is 0. The Morgan fingerprint density at radius 3 is 1.72 bits per heavy atom. The van der Waals surface area contributed by atoms with Gasteiger partial charge in [0, 0.05) is 30.9 Å². The minimum absolute atomic E-state index is 0.222. The molecule has 7 nitrogen and oxygen atoms in total. The highest BCUT2D eigenvalue weighted by atomic mass is 16.5. The predicted molar refractivity (Wildman–Crippen MR) is 212 cm³/mol. The molecule has 266 valence electrons. The van der Waals surface area contributed by atoms with Crippen LogP contribution in [0.15, 0.2) is 121 Å². The molecule has 54 heavy (non-hydrogen) atoms. The Kier molecular flexibility index (Phi) is 8.18. The number of hydrogen-bond donors (Lipinski definition) is 0. The number of ether oxygens (including phenoxy) is 1. The monoisotopic (exact) mass is 710 g/mol. The van der Waals surface area contributed by atoms with Gasteiger partial charge in [-0.2, -0.15) is 0 Å². The Labute approximate surface area is 314 Å². The Morgan fingerprint density at radius 1 is 0.574 bits per heavy atom. The van der Waals surface area contributed by atoms with Gasteiger partial charge in [0.2, 0.25) is 0 Å². The number of amides is 2. The molecule has 2 aliphatic rings. The van der Waals surface area contributed by atoms with Gasteiger partial charge in [0.15, 0.2) is 11.6 Å². The average Bonchev–Trinajstić information content (AvgIpc) is 3.59. The molecule has 0 unspecified atom stereocenters. The molecular formula is C47H38N2O5. The number of benzene rings is 6. The van der Waals surface area contributed by atoms with E-state index in [0.717, 1.165) is 27.9 Å². The van der Waals surface area contributed by atoms with Crippen LogP contribution in [0.4, 0.5) is 11.4 Å². The van der Waals surface area contributed by atoms with Gasteiger partial charge in [0.1, 0.15) is 11.5 Å². The molecule has 6 aromatic rings. The van der Waals surface area contributed by atoms with Crippen molar-refractivity contribution in [2.45, 2.75) is 33.1 Å². The molecule has 1 aliphatic heterocycles. The second-order valence-electron chi connectivity index (χ2n) is 14.3. The molecular weight excluding hydrogens is 673 g/mol. The zero-order valence-corrected chi connectivity index (χ0v) is 31.0. The summed E-state index contributed by atoms with van der Waals surface area (Å²) in [6, 6.07) is 39.2. The number of nitrogens with zero attached hydrogens (tertiary/aromatic N) is 2. The maximum Gasteiger partial charge on any atom is 0.266 e. The lowest BCUT2D eigenvalue weighted by molar-refractivity contribution is 0.0923. The third-order valence-corrected chi connectivity index (χ3v) is 10.8. The van der Waals surface area contributed by atoms with Crippen molar-refractivity contribution in [2.24, 2.45) is 0 Å². The van der Waals surface area contributed by atoms with E-state index in [-0.39, 0.29) is 28.3 Å². The number of anilines is 2. The Balaban J connectivity index is 1.19. The van der Waals surface area contributed by atoms with Crippen molar-refractivity contribution in [2.75, 3.05) is 23.9 Å². The molecule has 0 saturated carbocycles. The van der Waals surface area contributed by atoms with Crippen LogP contribution in [0.25, 0.3) is 11.1 Å². The third-order valence-electron chi connectivity index (χ3n) is 10.8. The fourth-order valence-corrected chi connectivity index (χ4v) is 8.38. The Bertz CT molecular complexity index is 2550. The van der Waals surface area contributed by atoms with E-state index in [4.69, 9.17) is 4.74 Å². The molecule has 8 rings (SSSR count). The van der Waals surface area contributed by atoms with E-state index in [1.54, 1.807) is 30.3 Å². The van der Waals surface area contributed by atoms with Crippen molar-refractivity contribution in [1.29, 1.82) is 0 Å². The normalized spacial score (nSPS) is 13.7. The second-order valence-corrected chi connectivity index (χ2v) is 14.3. The number of rotatable bonds is 8. The minimum Gasteiger partial charge on any atom is -0.457 e. The van der Waals surface area contributed by atoms with E-state index in [2.05, 4.69) is 84.6 Å². The first-order chi connectivity index (χ1) is 25.9. The van der Waals surface area contributed by atoms with Crippen LogP contribution in [0.5, 0.6) is 11.5 Å². The van der Waals surface area contributed by atoms with Crippen LogP contribution in [0.3, 0.4) is 0 Å². The lowest BCUT2D eigenvalue weighted by Gasteiger charge is -2.35. The van der Waals surface area contributed by atoms with Crippen LogP contribution in [0.1, 0.15) is 88.7 Å². The Morgan fingerprint density at radius 2 is 1.13 bits per heavy atom. The van der Waals surface area contributed by atoms with Crippen molar-refractivity contribution in [3.8, 4) is 22.6 Å². The van der Waals surface area contributed by atoms with Gasteiger partial charge >= 0.3 is 0 Å². The molecule has 0 spiro atoms. The maximum absolute atomic E-state index is 14.1. The maximum atomic E-state index is 14.1. The number of carbonyl (C=O) groups is 4. The molecule has 0 bridgehead atoms. The standard InChI is InChI=1S/C47H38N2O5/c1-27-23-31(15-21-43(27)48(5)6)47(41-13-9-7-11-36(41)37-12-8-10-14-42(37)47)32-16-22-44(28(2)24-32)49-45(52)38-20-18-34(26-40(38)46(49)53)54-33-17-19-35(29(3)50)39(25-33)30(4)51/h7-26H,1-6H3. The second kappa shape index (κ2) is 12.8. The fourth-order valence-electron chi connectivity index (χ4n) is 8.38. The summed E-state index contributed by atoms with van der Waals surface area (Å²) in [5.41, 5.74) is 10.9. The summed E-state index contributed by atoms with van der Waals surface area (Å²) in [5.74, 6) is -0.691. The summed E-state index contributed by atoms with van der Waals surface area (Å²) in [7, 11) is 4.10. The third kappa shape index (κ3) is 5.18. The Hall–Kier alpha value is -6.60. The highest BCUT2D eigenvalue weighted by Crippen LogP contribution is 2.56. The van der Waals surface area contributed by atoms with Gasteiger partial charge in [-0.05, 0) is 121 Å². The van der Waals surface area contributed by atoms with Gasteiger partial charge in [0.05, 0.1) is 22.2 Å². The van der Waals surface area contributed by atoms with E-state index in [0.29, 0.717) is 22.7 Å². The molecule has 0 aromatic heterocycles. The number of carbonyl (C=O) groups excluding carboxylic acids is 4. The van der Waals surface area contributed by atoms with Crippen LogP contribution in [-0.2, 0) is 5.41 Å². The molecule has 0 fully saturated rings. The smallest absolute Gasteiger partial charge is 0.266 e. The van der Waals surface area contributed by atoms with E-state index < -0.39 is 17.2 Å². The van der Waals surface area contributed by atoms with Crippen molar-refractivity contribution >= 4 is 34.8 Å². The summed E-state index contributed by atoms with van der Waals surface area (Å²) in [6.45, 7) is 6.88. The molecule has 1 heterocycles. The average molecular weight is 711 g/mol. The van der Waals surface area contributed by atoms with Crippen molar-refractivity contribution in [3.05, 3.63) is 177 Å². The van der Waals surface area contributed by atoms with E-state index in [1.165, 1.54) is 47.1 Å². The van der Waals surface area contributed by atoms with Crippen LogP contribution >= 0.6 is 0 Å². The topological polar surface area (TPSA) is 84.0 Å². The zero-order valence-electron chi connectivity index (χ0n) is 31.0. The van der Waals surface area contributed by atoms with Gasteiger partial charge in [-0.15, -0.1) is 0 Å². The molecule has 0 atom stereocenters. The molecule has 2 amide bonds. The first kappa shape index (κ1) is 34.5.